The van der Waals surface area contributed by atoms with Crippen molar-refractivity contribution in [3.05, 3.63) is 11.8 Å². The van der Waals surface area contributed by atoms with E-state index < -0.39 is 15.6 Å². The predicted octanol–water partition coefficient (Wildman–Crippen LogP) is 3.19. The summed E-state index contributed by atoms with van der Waals surface area (Å²) in [6, 6.07) is 0. The zero-order valence-electron chi connectivity index (χ0n) is 12.6. The molecule has 22 heavy (non-hydrogen) atoms. The number of alkyl halides is 3. The van der Waals surface area contributed by atoms with E-state index in [1.807, 2.05) is 13.8 Å². The normalized spacial score (nSPS) is 34.0. The van der Waals surface area contributed by atoms with E-state index in [1.54, 1.807) is 0 Å². The summed E-state index contributed by atoms with van der Waals surface area (Å²) in [6.45, 7) is 3.87. The monoisotopic (exact) mass is 342 g/mol. The summed E-state index contributed by atoms with van der Waals surface area (Å²) in [7, 11) is -5.62. The van der Waals surface area contributed by atoms with E-state index in [9.17, 15) is 26.7 Å². The van der Waals surface area contributed by atoms with Crippen LogP contribution < -0.4 is 0 Å². The van der Waals surface area contributed by atoms with Crippen LogP contribution in [0.4, 0.5) is 13.2 Å². The first-order valence-electron chi connectivity index (χ1n) is 7.34. The third-order valence-corrected chi connectivity index (χ3v) is 6.22. The van der Waals surface area contributed by atoms with Crippen LogP contribution in [0, 0.1) is 23.2 Å². The molecule has 4 nitrogen and oxygen atoms in total. The minimum atomic E-state index is -5.62. The van der Waals surface area contributed by atoms with Gasteiger partial charge in [-0.2, -0.15) is 21.6 Å². The highest BCUT2D eigenvalue weighted by atomic mass is 32.2. The topological polar surface area (TPSA) is 63.6 Å². The molecule has 0 heterocycles. The molecule has 1 fully saturated rings. The Morgan fingerprint density at radius 3 is 2.64 bits per heavy atom. The first-order chi connectivity index (χ1) is 10.0. The molecular formula is C14H21F3O4S. The fraction of sp³-hybridized carbons (Fsp3) is 0.857. The third kappa shape index (κ3) is 2.87. The lowest BCUT2D eigenvalue weighted by molar-refractivity contribution is -0.0537. The van der Waals surface area contributed by atoms with E-state index in [0.29, 0.717) is 12.8 Å². The van der Waals surface area contributed by atoms with Crippen molar-refractivity contribution in [3.63, 3.8) is 0 Å². The fourth-order valence-electron chi connectivity index (χ4n) is 4.09. The number of aliphatic hydroxyl groups excluding tert-OH is 1. The number of hydrogen-bond donors (Lipinski definition) is 1. The van der Waals surface area contributed by atoms with Crippen molar-refractivity contribution in [1.82, 2.24) is 0 Å². The van der Waals surface area contributed by atoms with Crippen LogP contribution in [0.15, 0.2) is 11.8 Å². The maximum Gasteiger partial charge on any atom is 0.534 e. The average molecular weight is 342 g/mol. The van der Waals surface area contributed by atoms with Crippen LogP contribution in [0.25, 0.3) is 0 Å². The maximum absolute atomic E-state index is 12.5. The zero-order valence-corrected chi connectivity index (χ0v) is 13.4. The van der Waals surface area contributed by atoms with E-state index in [2.05, 4.69) is 4.18 Å². The van der Waals surface area contributed by atoms with Gasteiger partial charge in [0.25, 0.3) is 0 Å². The minimum absolute atomic E-state index is 0.00767. The molecule has 2 aliphatic carbocycles. The van der Waals surface area contributed by atoms with Gasteiger partial charge in [0.15, 0.2) is 0 Å². The maximum atomic E-state index is 12.5. The molecule has 128 valence electrons. The van der Waals surface area contributed by atoms with E-state index in [-0.39, 0.29) is 35.5 Å². The highest BCUT2D eigenvalue weighted by Gasteiger charge is 2.54. The molecule has 2 rings (SSSR count). The largest absolute Gasteiger partial charge is 0.534 e. The van der Waals surface area contributed by atoms with Gasteiger partial charge in [-0.25, -0.2) is 0 Å². The van der Waals surface area contributed by atoms with E-state index in [1.165, 1.54) is 6.08 Å². The molecule has 0 saturated heterocycles. The van der Waals surface area contributed by atoms with Gasteiger partial charge >= 0.3 is 15.6 Å². The number of rotatable bonds is 4. The molecule has 4 atom stereocenters. The van der Waals surface area contributed by atoms with Gasteiger partial charge < -0.3 is 9.29 Å². The average Bonchev–Trinajstić information content (AvgIpc) is 2.74. The second kappa shape index (κ2) is 5.70. The molecule has 0 spiro atoms. The van der Waals surface area contributed by atoms with Crippen LogP contribution in [0.2, 0.25) is 0 Å². The van der Waals surface area contributed by atoms with Crippen molar-refractivity contribution in [1.29, 1.82) is 0 Å². The lowest BCUT2D eigenvalue weighted by Gasteiger charge is -2.42. The molecule has 8 heteroatoms. The number of aliphatic hydroxyl groups is 1. The lowest BCUT2D eigenvalue weighted by Crippen LogP contribution is -2.37. The molecule has 0 bridgehead atoms. The molecule has 0 aliphatic heterocycles. The van der Waals surface area contributed by atoms with Gasteiger partial charge in [-0.3, -0.25) is 0 Å². The Balaban J connectivity index is 2.26. The minimum Gasteiger partial charge on any atom is -0.396 e. The highest BCUT2D eigenvalue weighted by Crippen LogP contribution is 2.58. The number of allylic oxidation sites excluding steroid dienone is 2. The summed E-state index contributed by atoms with van der Waals surface area (Å²) in [5, 5.41) is 9.37. The Hall–Kier alpha value is -0.760. The third-order valence-electron chi connectivity index (χ3n) is 5.25. The lowest BCUT2D eigenvalue weighted by atomic mass is 9.64. The van der Waals surface area contributed by atoms with Gasteiger partial charge in [-0.15, -0.1) is 0 Å². The Morgan fingerprint density at radius 1 is 1.45 bits per heavy atom. The molecule has 1 saturated carbocycles. The first-order valence-corrected chi connectivity index (χ1v) is 8.75. The zero-order chi connectivity index (χ0) is 16.8. The fourth-order valence-corrected chi connectivity index (χ4v) is 4.62. The van der Waals surface area contributed by atoms with Crippen LogP contribution in [0.3, 0.4) is 0 Å². The van der Waals surface area contributed by atoms with Crippen molar-refractivity contribution in [2.75, 3.05) is 6.61 Å². The molecular weight excluding hydrogens is 321 g/mol. The molecule has 0 aromatic heterocycles. The van der Waals surface area contributed by atoms with Crippen molar-refractivity contribution < 1.29 is 30.9 Å². The van der Waals surface area contributed by atoms with E-state index in [4.69, 9.17) is 0 Å². The molecule has 0 amide bonds. The van der Waals surface area contributed by atoms with Crippen molar-refractivity contribution in [2.24, 2.45) is 23.2 Å². The summed E-state index contributed by atoms with van der Waals surface area (Å²) in [5.41, 5.74) is -5.76. The van der Waals surface area contributed by atoms with Crippen LogP contribution >= 0.6 is 0 Å². The number of fused-ring (bicyclic) bond motifs is 1. The molecule has 2 aliphatic rings. The molecule has 0 aromatic rings. The van der Waals surface area contributed by atoms with Crippen LogP contribution in [-0.4, -0.2) is 25.6 Å². The SMILES string of the molecule is C[C@H](CO)C1CCC2C(OS(=O)(=O)C(F)(F)F)=CCCC21C. The van der Waals surface area contributed by atoms with Gasteiger partial charge in [0.05, 0.1) is 0 Å². The Morgan fingerprint density at radius 2 is 2.09 bits per heavy atom. The predicted molar refractivity (Wildman–Crippen MR) is 73.9 cm³/mol. The van der Waals surface area contributed by atoms with Crippen LogP contribution in [0.5, 0.6) is 0 Å². The Labute approximate surface area is 128 Å². The quantitative estimate of drug-likeness (QED) is 0.629. The molecule has 0 aromatic carbocycles. The second-order valence-electron chi connectivity index (χ2n) is 6.53. The van der Waals surface area contributed by atoms with Crippen LogP contribution in [-0.2, 0) is 14.3 Å². The molecule has 3 unspecified atom stereocenters. The summed E-state index contributed by atoms with van der Waals surface area (Å²) in [4.78, 5) is 0. The summed E-state index contributed by atoms with van der Waals surface area (Å²) >= 11 is 0. The van der Waals surface area contributed by atoms with Crippen molar-refractivity contribution >= 4 is 10.1 Å². The summed E-state index contributed by atoms with van der Waals surface area (Å²) < 4.78 is 64.5. The van der Waals surface area contributed by atoms with Crippen molar-refractivity contribution in [3.8, 4) is 0 Å². The number of hydrogen-bond acceptors (Lipinski definition) is 4. The van der Waals surface area contributed by atoms with Crippen molar-refractivity contribution in [2.45, 2.75) is 45.0 Å². The Kier molecular flexibility index (Phi) is 4.56. The van der Waals surface area contributed by atoms with Gasteiger partial charge in [0.2, 0.25) is 0 Å². The second-order valence-corrected chi connectivity index (χ2v) is 8.07. The van der Waals surface area contributed by atoms with Gasteiger partial charge in [0.1, 0.15) is 5.76 Å². The smallest absolute Gasteiger partial charge is 0.396 e. The molecule has 1 N–H and O–H groups in total. The van der Waals surface area contributed by atoms with Gasteiger partial charge in [-0.1, -0.05) is 13.8 Å². The number of halogens is 3. The van der Waals surface area contributed by atoms with E-state index >= 15 is 0 Å². The van der Waals surface area contributed by atoms with Gasteiger partial charge in [-0.05, 0) is 49.0 Å². The summed E-state index contributed by atoms with van der Waals surface area (Å²) in [5.74, 6) is -0.270. The highest BCUT2D eigenvalue weighted by molar-refractivity contribution is 7.87. The summed E-state index contributed by atoms with van der Waals surface area (Å²) in [6.07, 6.45) is 4.01. The van der Waals surface area contributed by atoms with E-state index in [0.717, 1.165) is 12.8 Å². The first kappa shape index (κ1) is 17.6. The Bertz CT molecular complexity index is 555. The van der Waals surface area contributed by atoms with Gasteiger partial charge in [0, 0.05) is 12.5 Å². The standard InChI is InChI=1S/C14H21F3O4S/c1-9(8-18)10-5-6-11-12(4-3-7-13(10,11)2)21-22(19,20)14(15,16)17/h4,9-11,18H,3,5-8H2,1-2H3/t9-,10?,11?,13?/m1/s1. The molecule has 0 radical (unpaired) electrons. The van der Waals surface area contributed by atoms with Crippen LogP contribution in [0.1, 0.15) is 39.5 Å².